The van der Waals surface area contributed by atoms with Crippen LogP contribution in [-0.4, -0.2) is 5.91 Å². The number of rotatable bonds is 1. The molecule has 74 valence electrons. The van der Waals surface area contributed by atoms with E-state index in [0.29, 0.717) is 5.69 Å². The minimum absolute atomic E-state index is 0.0700. The summed E-state index contributed by atoms with van der Waals surface area (Å²) in [5.74, 6) is 0.0700. The smallest absolute Gasteiger partial charge is 0.234 e. The molecule has 1 aromatic rings. The standard InChI is InChI=1S/C11H14N2O/c1-3-11(2)8-5-4-7(12)6-9(8)13-10(11)14/h4-6H,3,12H2,1-2H3,(H,13,14). The molecule has 0 saturated heterocycles. The molecule has 1 heterocycles. The zero-order valence-corrected chi connectivity index (χ0v) is 8.42. The number of hydrogen-bond donors (Lipinski definition) is 2. The number of nitrogens with two attached hydrogens (primary N) is 1. The Bertz CT molecular complexity index is 400. The maximum atomic E-state index is 11.7. The molecule has 0 aromatic heterocycles. The van der Waals surface area contributed by atoms with Gasteiger partial charge >= 0.3 is 0 Å². The fourth-order valence-electron chi connectivity index (χ4n) is 1.88. The van der Waals surface area contributed by atoms with Crippen molar-refractivity contribution in [3.8, 4) is 0 Å². The van der Waals surface area contributed by atoms with Gasteiger partial charge in [-0.25, -0.2) is 0 Å². The summed E-state index contributed by atoms with van der Waals surface area (Å²) in [5.41, 5.74) is 7.87. The Morgan fingerprint density at radius 2 is 2.21 bits per heavy atom. The molecule has 1 unspecified atom stereocenters. The predicted molar refractivity (Wildman–Crippen MR) is 57.1 cm³/mol. The van der Waals surface area contributed by atoms with E-state index in [1.165, 1.54) is 0 Å². The molecule has 1 aliphatic rings. The minimum Gasteiger partial charge on any atom is -0.399 e. The van der Waals surface area contributed by atoms with Crippen LogP contribution in [0.5, 0.6) is 0 Å². The number of nitrogens with one attached hydrogen (secondary N) is 1. The van der Waals surface area contributed by atoms with Crippen molar-refractivity contribution in [2.24, 2.45) is 0 Å². The summed E-state index contributed by atoms with van der Waals surface area (Å²) in [5, 5.41) is 2.86. The molecule has 0 saturated carbocycles. The summed E-state index contributed by atoms with van der Waals surface area (Å²) in [4.78, 5) is 11.7. The highest BCUT2D eigenvalue weighted by molar-refractivity contribution is 6.06. The summed E-state index contributed by atoms with van der Waals surface area (Å²) in [6.45, 7) is 3.98. The number of nitrogen functional groups attached to an aromatic ring is 1. The SMILES string of the molecule is CCC1(C)C(=O)Nc2cc(N)ccc21. The Kier molecular flexibility index (Phi) is 1.77. The zero-order chi connectivity index (χ0) is 10.3. The summed E-state index contributed by atoms with van der Waals surface area (Å²) in [6.07, 6.45) is 0.801. The molecule has 0 fully saturated rings. The third-order valence-corrected chi connectivity index (χ3v) is 3.09. The van der Waals surface area contributed by atoms with E-state index in [-0.39, 0.29) is 11.3 Å². The average molecular weight is 190 g/mol. The molecule has 1 aromatic carbocycles. The highest BCUT2D eigenvalue weighted by Crippen LogP contribution is 2.40. The second kappa shape index (κ2) is 2.74. The highest BCUT2D eigenvalue weighted by atomic mass is 16.2. The monoisotopic (exact) mass is 190 g/mol. The van der Waals surface area contributed by atoms with Gasteiger partial charge in [-0.1, -0.05) is 13.0 Å². The van der Waals surface area contributed by atoms with Crippen LogP contribution in [0.15, 0.2) is 18.2 Å². The largest absolute Gasteiger partial charge is 0.399 e. The van der Waals surface area contributed by atoms with Crippen molar-refractivity contribution in [2.75, 3.05) is 11.1 Å². The quantitative estimate of drug-likeness (QED) is 0.664. The van der Waals surface area contributed by atoms with E-state index < -0.39 is 0 Å². The van der Waals surface area contributed by atoms with E-state index in [1.54, 1.807) is 0 Å². The van der Waals surface area contributed by atoms with Crippen LogP contribution in [-0.2, 0) is 10.2 Å². The van der Waals surface area contributed by atoms with Gasteiger partial charge in [-0.15, -0.1) is 0 Å². The maximum absolute atomic E-state index is 11.7. The molecule has 0 bridgehead atoms. The van der Waals surface area contributed by atoms with Crippen LogP contribution in [0, 0.1) is 0 Å². The number of benzene rings is 1. The average Bonchev–Trinajstić information content (AvgIpc) is 2.39. The Labute approximate surface area is 83.3 Å². The third kappa shape index (κ3) is 1.02. The molecule has 0 aliphatic carbocycles. The molecule has 0 spiro atoms. The van der Waals surface area contributed by atoms with Crippen molar-refractivity contribution in [3.05, 3.63) is 23.8 Å². The normalized spacial score (nSPS) is 24.6. The summed E-state index contributed by atoms with van der Waals surface area (Å²) in [7, 11) is 0. The predicted octanol–water partition coefficient (Wildman–Crippen LogP) is 1.89. The molecule has 1 aliphatic heterocycles. The molecular weight excluding hydrogens is 176 g/mol. The molecule has 14 heavy (non-hydrogen) atoms. The number of carbonyl (C=O) groups excluding carboxylic acids is 1. The van der Waals surface area contributed by atoms with E-state index in [0.717, 1.165) is 17.7 Å². The lowest BCUT2D eigenvalue weighted by Crippen LogP contribution is -2.29. The molecule has 3 N–H and O–H groups in total. The first-order valence-corrected chi connectivity index (χ1v) is 4.79. The fraction of sp³-hybridized carbons (Fsp3) is 0.364. The van der Waals surface area contributed by atoms with Crippen molar-refractivity contribution in [1.29, 1.82) is 0 Å². The molecule has 3 nitrogen and oxygen atoms in total. The zero-order valence-electron chi connectivity index (χ0n) is 8.42. The number of carbonyl (C=O) groups is 1. The van der Waals surface area contributed by atoms with Gasteiger partial charge in [-0.3, -0.25) is 4.79 Å². The first-order chi connectivity index (χ1) is 6.58. The van der Waals surface area contributed by atoms with E-state index in [2.05, 4.69) is 5.32 Å². The van der Waals surface area contributed by atoms with Gasteiger partial charge in [0.25, 0.3) is 0 Å². The second-order valence-electron chi connectivity index (χ2n) is 3.94. The Morgan fingerprint density at radius 3 is 2.86 bits per heavy atom. The van der Waals surface area contributed by atoms with E-state index >= 15 is 0 Å². The van der Waals surface area contributed by atoms with Crippen LogP contribution in [0.2, 0.25) is 0 Å². The minimum atomic E-state index is -0.386. The number of amides is 1. The van der Waals surface area contributed by atoms with E-state index in [4.69, 9.17) is 5.73 Å². The molecule has 2 rings (SSSR count). The van der Waals surface area contributed by atoms with Gasteiger partial charge in [0.15, 0.2) is 0 Å². The van der Waals surface area contributed by atoms with E-state index in [9.17, 15) is 4.79 Å². The molecular formula is C11H14N2O. The summed E-state index contributed by atoms with van der Waals surface area (Å²) in [6, 6.07) is 5.59. The van der Waals surface area contributed by atoms with Crippen molar-refractivity contribution < 1.29 is 4.79 Å². The van der Waals surface area contributed by atoms with E-state index in [1.807, 2.05) is 32.0 Å². The first kappa shape index (κ1) is 9.06. The van der Waals surface area contributed by atoms with Gasteiger partial charge in [0.2, 0.25) is 5.91 Å². The molecule has 1 amide bonds. The van der Waals surface area contributed by atoms with Crippen LogP contribution < -0.4 is 11.1 Å². The van der Waals surface area contributed by atoms with Crippen LogP contribution in [0.4, 0.5) is 11.4 Å². The lowest BCUT2D eigenvalue weighted by molar-refractivity contribution is -0.120. The Hall–Kier alpha value is -1.51. The van der Waals surface area contributed by atoms with Crippen molar-refractivity contribution in [2.45, 2.75) is 25.7 Å². The lowest BCUT2D eigenvalue weighted by Gasteiger charge is -2.19. The topological polar surface area (TPSA) is 55.1 Å². The lowest BCUT2D eigenvalue weighted by atomic mass is 9.81. The fourth-order valence-corrected chi connectivity index (χ4v) is 1.88. The van der Waals surface area contributed by atoms with Crippen molar-refractivity contribution in [1.82, 2.24) is 0 Å². The maximum Gasteiger partial charge on any atom is 0.234 e. The van der Waals surface area contributed by atoms with Gasteiger partial charge in [0.05, 0.1) is 5.41 Å². The van der Waals surface area contributed by atoms with Crippen LogP contribution in [0.25, 0.3) is 0 Å². The van der Waals surface area contributed by atoms with Crippen molar-refractivity contribution >= 4 is 17.3 Å². The van der Waals surface area contributed by atoms with Gasteiger partial charge in [-0.2, -0.15) is 0 Å². The second-order valence-corrected chi connectivity index (χ2v) is 3.94. The summed E-state index contributed by atoms with van der Waals surface area (Å²) < 4.78 is 0. The molecule has 3 heteroatoms. The van der Waals surface area contributed by atoms with Gasteiger partial charge in [0, 0.05) is 11.4 Å². The number of hydrogen-bond acceptors (Lipinski definition) is 2. The Morgan fingerprint density at radius 1 is 1.50 bits per heavy atom. The number of fused-ring (bicyclic) bond motifs is 1. The third-order valence-electron chi connectivity index (χ3n) is 3.09. The van der Waals surface area contributed by atoms with Crippen molar-refractivity contribution in [3.63, 3.8) is 0 Å². The highest BCUT2D eigenvalue weighted by Gasteiger charge is 2.40. The van der Waals surface area contributed by atoms with Gasteiger partial charge in [0.1, 0.15) is 0 Å². The summed E-state index contributed by atoms with van der Waals surface area (Å²) >= 11 is 0. The Balaban J connectivity index is 2.59. The first-order valence-electron chi connectivity index (χ1n) is 4.79. The van der Waals surface area contributed by atoms with Crippen LogP contribution in [0.1, 0.15) is 25.8 Å². The van der Waals surface area contributed by atoms with Gasteiger partial charge < -0.3 is 11.1 Å². The van der Waals surface area contributed by atoms with Crippen LogP contribution >= 0.6 is 0 Å². The molecule has 0 radical (unpaired) electrons. The van der Waals surface area contributed by atoms with Crippen LogP contribution in [0.3, 0.4) is 0 Å². The molecule has 1 atom stereocenters. The van der Waals surface area contributed by atoms with Gasteiger partial charge in [-0.05, 0) is 31.0 Å². The number of anilines is 2.